The highest BCUT2D eigenvalue weighted by Crippen LogP contribution is 2.30. The molecule has 0 spiro atoms. The zero-order valence-electron chi connectivity index (χ0n) is 17.4. The predicted molar refractivity (Wildman–Crippen MR) is 119 cm³/mol. The fraction of sp³-hybridized carbons (Fsp3) is 0.435. The minimum Gasteiger partial charge on any atom is -0.308 e. The third-order valence-corrected chi connectivity index (χ3v) is 7.92. The van der Waals surface area contributed by atoms with Crippen molar-refractivity contribution < 1.29 is 13.2 Å². The monoisotopic (exact) mass is 427 g/mol. The van der Waals surface area contributed by atoms with Crippen LogP contribution in [0.25, 0.3) is 0 Å². The van der Waals surface area contributed by atoms with Gasteiger partial charge in [-0.05, 0) is 37.0 Å². The number of piperazine rings is 1. The summed E-state index contributed by atoms with van der Waals surface area (Å²) in [5.74, 6) is 0.115. The Morgan fingerprint density at radius 2 is 1.63 bits per heavy atom. The van der Waals surface area contributed by atoms with Gasteiger partial charge in [0.1, 0.15) is 0 Å². The molecule has 7 heteroatoms. The molecule has 1 fully saturated rings. The van der Waals surface area contributed by atoms with E-state index in [-0.39, 0.29) is 17.7 Å². The van der Waals surface area contributed by atoms with Crippen molar-refractivity contribution >= 4 is 21.6 Å². The van der Waals surface area contributed by atoms with Crippen LogP contribution < -0.4 is 4.90 Å². The quantitative estimate of drug-likeness (QED) is 0.736. The maximum atomic E-state index is 13.1. The molecule has 30 heavy (non-hydrogen) atoms. The van der Waals surface area contributed by atoms with Gasteiger partial charge in [0.15, 0.2) is 0 Å². The first-order valence-corrected chi connectivity index (χ1v) is 12.2. The fourth-order valence-corrected chi connectivity index (χ4v) is 5.89. The predicted octanol–water partition coefficient (Wildman–Crippen LogP) is 2.50. The van der Waals surface area contributed by atoms with Crippen molar-refractivity contribution in [3.63, 3.8) is 0 Å². The molecule has 1 atom stereocenters. The molecule has 0 saturated carbocycles. The number of para-hydroxylation sites is 1. The van der Waals surface area contributed by atoms with Gasteiger partial charge in [-0.1, -0.05) is 48.5 Å². The van der Waals surface area contributed by atoms with Crippen molar-refractivity contribution in [3.8, 4) is 0 Å². The number of fused-ring (bicyclic) bond motifs is 1. The summed E-state index contributed by atoms with van der Waals surface area (Å²) in [5, 5.41) is 0. The van der Waals surface area contributed by atoms with Crippen molar-refractivity contribution in [2.75, 3.05) is 37.6 Å². The highest BCUT2D eigenvalue weighted by Gasteiger charge is 2.31. The van der Waals surface area contributed by atoms with Crippen LogP contribution in [0.2, 0.25) is 0 Å². The SMILES string of the molecule is CC1CCc2ccccc2N1C(=O)CN1CCN(S(=O)(=O)Cc2ccccc2)CC1. The minimum absolute atomic E-state index is 0.0227. The van der Waals surface area contributed by atoms with Gasteiger partial charge in [-0.2, -0.15) is 4.31 Å². The van der Waals surface area contributed by atoms with Crippen molar-refractivity contribution in [2.24, 2.45) is 0 Å². The number of rotatable bonds is 5. The molecule has 160 valence electrons. The molecule has 2 aromatic rings. The van der Waals surface area contributed by atoms with Crippen LogP contribution in [0.4, 0.5) is 5.69 Å². The second-order valence-electron chi connectivity index (χ2n) is 8.20. The number of sulfonamides is 1. The van der Waals surface area contributed by atoms with Crippen LogP contribution in [0.5, 0.6) is 0 Å². The van der Waals surface area contributed by atoms with E-state index in [0.29, 0.717) is 32.7 Å². The largest absolute Gasteiger partial charge is 0.308 e. The first-order valence-electron chi connectivity index (χ1n) is 10.6. The van der Waals surface area contributed by atoms with E-state index in [2.05, 4.69) is 17.9 Å². The summed E-state index contributed by atoms with van der Waals surface area (Å²) in [6.07, 6.45) is 1.97. The van der Waals surface area contributed by atoms with Crippen molar-refractivity contribution in [1.29, 1.82) is 0 Å². The number of benzene rings is 2. The average molecular weight is 428 g/mol. The Hall–Kier alpha value is -2.22. The zero-order chi connectivity index (χ0) is 21.1. The number of aryl methyl sites for hydroxylation is 1. The van der Waals surface area contributed by atoms with E-state index in [0.717, 1.165) is 24.1 Å². The molecule has 1 amide bonds. The van der Waals surface area contributed by atoms with Crippen LogP contribution in [0.15, 0.2) is 54.6 Å². The van der Waals surface area contributed by atoms with E-state index in [4.69, 9.17) is 0 Å². The van der Waals surface area contributed by atoms with Crippen LogP contribution in [0, 0.1) is 0 Å². The Labute approximate surface area is 179 Å². The van der Waals surface area contributed by atoms with Gasteiger partial charge in [0.25, 0.3) is 0 Å². The van der Waals surface area contributed by atoms with Gasteiger partial charge in [-0.15, -0.1) is 0 Å². The minimum atomic E-state index is -3.35. The van der Waals surface area contributed by atoms with Gasteiger partial charge in [0.2, 0.25) is 15.9 Å². The van der Waals surface area contributed by atoms with Crippen molar-refractivity contribution in [1.82, 2.24) is 9.21 Å². The van der Waals surface area contributed by atoms with Crippen LogP contribution >= 0.6 is 0 Å². The van der Waals surface area contributed by atoms with Crippen molar-refractivity contribution in [3.05, 3.63) is 65.7 Å². The molecule has 2 aliphatic heterocycles. The summed E-state index contributed by atoms with van der Waals surface area (Å²) >= 11 is 0. The standard InChI is InChI=1S/C23H29N3O3S/c1-19-11-12-21-9-5-6-10-22(21)26(19)23(27)17-24-13-15-25(16-14-24)30(28,29)18-20-7-3-2-4-8-20/h2-10,19H,11-18H2,1H3. The molecule has 0 N–H and O–H groups in total. The third kappa shape index (κ3) is 4.58. The number of nitrogens with zero attached hydrogens (tertiary/aromatic N) is 3. The average Bonchev–Trinajstić information content (AvgIpc) is 2.74. The third-order valence-electron chi connectivity index (χ3n) is 6.07. The van der Waals surface area contributed by atoms with Crippen molar-refractivity contribution in [2.45, 2.75) is 31.6 Å². The molecule has 0 aromatic heterocycles. The second kappa shape index (κ2) is 8.88. The lowest BCUT2D eigenvalue weighted by Crippen LogP contribution is -2.53. The van der Waals surface area contributed by atoms with E-state index in [9.17, 15) is 13.2 Å². The Balaban J connectivity index is 1.35. The molecule has 1 unspecified atom stereocenters. The molecule has 2 aromatic carbocycles. The summed E-state index contributed by atoms with van der Waals surface area (Å²) in [6.45, 7) is 4.42. The topological polar surface area (TPSA) is 60.9 Å². The number of carbonyl (C=O) groups is 1. The van der Waals surface area contributed by atoms with Gasteiger partial charge in [0.05, 0.1) is 12.3 Å². The Morgan fingerprint density at radius 1 is 0.967 bits per heavy atom. The van der Waals surface area contributed by atoms with E-state index < -0.39 is 10.0 Å². The van der Waals surface area contributed by atoms with Crippen LogP contribution in [0.3, 0.4) is 0 Å². The Kier molecular flexibility index (Phi) is 6.22. The van der Waals surface area contributed by atoms with Crippen LogP contribution in [-0.2, 0) is 27.0 Å². The smallest absolute Gasteiger partial charge is 0.241 e. The Bertz CT molecular complexity index is 986. The fourth-order valence-electron chi connectivity index (χ4n) is 4.38. The summed E-state index contributed by atoms with van der Waals surface area (Å²) in [4.78, 5) is 17.1. The molecular weight excluding hydrogens is 398 g/mol. The van der Waals surface area contributed by atoms with Gasteiger partial charge >= 0.3 is 0 Å². The molecular formula is C23H29N3O3S. The maximum absolute atomic E-state index is 13.1. The molecule has 0 radical (unpaired) electrons. The van der Waals surface area contributed by atoms with Crippen LogP contribution in [0.1, 0.15) is 24.5 Å². The maximum Gasteiger partial charge on any atom is 0.241 e. The van der Waals surface area contributed by atoms with E-state index in [1.807, 2.05) is 53.4 Å². The first-order chi connectivity index (χ1) is 14.4. The molecule has 2 aliphatic rings. The summed E-state index contributed by atoms with van der Waals surface area (Å²) < 4.78 is 27.0. The lowest BCUT2D eigenvalue weighted by molar-refractivity contribution is -0.120. The van der Waals surface area contributed by atoms with Gasteiger partial charge in [0, 0.05) is 37.9 Å². The molecule has 0 bridgehead atoms. The number of carbonyl (C=O) groups excluding carboxylic acids is 1. The first kappa shape index (κ1) is 21.0. The lowest BCUT2D eigenvalue weighted by atomic mass is 9.96. The van der Waals surface area contributed by atoms with Gasteiger partial charge in [-0.3, -0.25) is 9.69 Å². The molecule has 2 heterocycles. The number of hydrogen-bond acceptors (Lipinski definition) is 4. The normalized spacial score (nSPS) is 20.7. The number of anilines is 1. The summed E-state index contributed by atoms with van der Waals surface area (Å²) in [7, 11) is -3.35. The van der Waals surface area contributed by atoms with E-state index >= 15 is 0 Å². The molecule has 4 rings (SSSR count). The van der Waals surface area contributed by atoms with E-state index in [1.165, 1.54) is 5.56 Å². The highest BCUT2D eigenvalue weighted by molar-refractivity contribution is 7.88. The number of hydrogen-bond donors (Lipinski definition) is 0. The highest BCUT2D eigenvalue weighted by atomic mass is 32.2. The molecule has 1 saturated heterocycles. The summed E-state index contributed by atoms with van der Waals surface area (Å²) in [6, 6.07) is 17.6. The van der Waals surface area contributed by atoms with E-state index in [1.54, 1.807) is 4.31 Å². The Morgan fingerprint density at radius 3 is 2.37 bits per heavy atom. The number of amides is 1. The second-order valence-corrected chi connectivity index (χ2v) is 10.2. The zero-order valence-corrected chi connectivity index (χ0v) is 18.2. The van der Waals surface area contributed by atoms with Gasteiger partial charge < -0.3 is 4.90 Å². The van der Waals surface area contributed by atoms with Crippen LogP contribution in [-0.4, -0.2) is 62.3 Å². The molecule has 6 nitrogen and oxygen atoms in total. The molecule has 0 aliphatic carbocycles. The van der Waals surface area contributed by atoms with Gasteiger partial charge in [-0.25, -0.2) is 8.42 Å². The summed E-state index contributed by atoms with van der Waals surface area (Å²) in [5.41, 5.74) is 3.04. The lowest BCUT2D eigenvalue weighted by Gasteiger charge is -2.38.